The second-order valence-corrected chi connectivity index (χ2v) is 1.60. The molecule has 0 spiro atoms. The first-order valence-electron chi connectivity index (χ1n) is 2.85. The van der Waals surface area contributed by atoms with E-state index in [1.54, 1.807) is 12.4 Å². The molecular weight excluding hydrogens is 110 g/mol. The van der Waals surface area contributed by atoms with Crippen molar-refractivity contribution in [3.63, 3.8) is 0 Å². The van der Waals surface area contributed by atoms with Crippen molar-refractivity contribution in [3.05, 3.63) is 48.9 Å². The molecule has 0 amide bonds. The highest BCUT2D eigenvalue weighted by Gasteiger charge is 1.69. The van der Waals surface area contributed by atoms with Crippen LogP contribution >= 0.6 is 0 Å². The SMILES string of the molecule is C1=C\C=C/[N]/C=C\C=C/1. The minimum absolute atomic E-state index is 1.75. The van der Waals surface area contributed by atoms with Crippen LogP contribution in [0.15, 0.2) is 48.9 Å². The summed E-state index contributed by atoms with van der Waals surface area (Å²) in [6.07, 6.45) is 15.1. The number of allylic oxidation sites excluding steroid dienone is 6. The van der Waals surface area contributed by atoms with Crippen molar-refractivity contribution in [1.82, 2.24) is 5.32 Å². The molecule has 0 saturated heterocycles. The van der Waals surface area contributed by atoms with Crippen LogP contribution in [-0.2, 0) is 0 Å². The van der Waals surface area contributed by atoms with Crippen LogP contribution in [0, 0.1) is 0 Å². The van der Waals surface area contributed by atoms with Crippen LogP contribution < -0.4 is 5.32 Å². The average molecular weight is 118 g/mol. The Morgan fingerprint density at radius 3 is 1.56 bits per heavy atom. The van der Waals surface area contributed by atoms with Crippen LogP contribution in [0.5, 0.6) is 0 Å². The summed E-state index contributed by atoms with van der Waals surface area (Å²) in [7, 11) is 0. The van der Waals surface area contributed by atoms with Gasteiger partial charge in [-0.2, -0.15) is 0 Å². The third-order valence-corrected chi connectivity index (χ3v) is 0.900. The summed E-state index contributed by atoms with van der Waals surface area (Å²) >= 11 is 0. The molecule has 0 saturated carbocycles. The average Bonchev–Trinajstić information content (AvgIpc) is 2.00. The number of nitrogens with zero attached hydrogens (tertiary/aromatic N) is 1. The summed E-state index contributed by atoms with van der Waals surface area (Å²) in [4.78, 5) is 0. The molecule has 1 aliphatic heterocycles. The zero-order valence-electron chi connectivity index (χ0n) is 5.07. The van der Waals surface area contributed by atoms with Gasteiger partial charge in [0.25, 0.3) is 0 Å². The van der Waals surface area contributed by atoms with Gasteiger partial charge in [-0.1, -0.05) is 24.3 Å². The molecule has 0 fully saturated rings. The number of hydrogen-bond acceptors (Lipinski definition) is 0. The highest BCUT2D eigenvalue weighted by molar-refractivity contribution is 5.17. The zero-order valence-corrected chi connectivity index (χ0v) is 5.07. The van der Waals surface area contributed by atoms with Gasteiger partial charge < -0.3 is 0 Å². The van der Waals surface area contributed by atoms with Crippen LogP contribution in [0.4, 0.5) is 0 Å². The van der Waals surface area contributed by atoms with E-state index in [9.17, 15) is 0 Å². The van der Waals surface area contributed by atoms with E-state index in [4.69, 9.17) is 0 Å². The predicted octanol–water partition coefficient (Wildman–Crippen LogP) is 1.74. The van der Waals surface area contributed by atoms with E-state index in [-0.39, 0.29) is 0 Å². The van der Waals surface area contributed by atoms with Crippen LogP contribution in [0.2, 0.25) is 0 Å². The Labute approximate surface area is 55.1 Å². The fourth-order valence-electron chi connectivity index (χ4n) is 0.505. The molecule has 0 aromatic rings. The van der Waals surface area contributed by atoms with Crippen LogP contribution in [0.25, 0.3) is 0 Å². The molecule has 45 valence electrons. The van der Waals surface area contributed by atoms with E-state index >= 15 is 0 Å². The molecule has 1 nitrogen and oxygen atoms in total. The molecule has 0 aromatic heterocycles. The van der Waals surface area contributed by atoms with Crippen molar-refractivity contribution >= 4 is 0 Å². The maximum atomic E-state index is 3.93. The normalized spacial score (nSPS) is 30.2. The molecule has 0 N–H and O–H groups in total. The molecule has 9 heavy (non-hydrogen) atoms. The van der Waals surface area contributed by atoms with Gasteiger partial charge in [-0.25, -0.2) is 0 Å². The van der Waals surface area contributed by atoms with E-state index < -0.39 is 0 Å². The van der Waals surface area contributed by atoms with Crippen LogP contribution in [0.1, 0.15) is 0 Å². The fraction of sp³-hybridized carbons (Fsp3) is 0. The summed E-state index contributed by atoms with van der Waals surface area (Å²) in [5.74, 6) is 0. The summed E-state index contributed by atoms with van der Waals surface area (Å²) in [6, 6.07) is 0. The van der Waals surface area contributed by atoms with E-state index in [1.807, 2.05) is 36.5 Å². The van der Waals surface area contributed by atoms with Crippen LogP contribution in [0.3, 0.4) is 0 Å². The van der Waals surface area contributed by atoms with E-state index in [1.165, 1.54) is 0 Å². The van der Waals surface area contributed by atoms with E-state index in [0.29, 0.717) is 0 Å². The fourth-order valence-corrected chi connectivity index (χ4v) is 0.505. The predicted molar refractivity (Wildman–Crippen MR) is 38.7 cm³/mol. The third-order valence-electron chi connectivity index (χ3n) is 0.900. The minimum Gasteiger partial charge on any atom is -0.265 e. The Kier molecular flexibility index (Phi) is 2.44. The topological polar surface area (TPSA) is 14.1 Å². The minimum atomic E-state index is 1.75. The van der Waals surface area contributed by atoms with Gasteiger partial charge in [0.15, 0.2) is 0 Å². The molecule has 1 rings (SSSR count). The lowest BCUT2D eigenvalue weighted by molar-refractivity contribution is 1.17. The van der Waals surface area contributed by atoms with Gasteiger partial charge in [-0.15, -0.1) is 0 Å². The van der Waals surface area contributed by atoms with E-state index in [0.717, 1.165) is 0 Å². The molecule has 1 aliphatic rings. The Hall–Kier alpha value is -1.24. The first-order chi connectivity index (χ1) is 4.50. The van der Waals surface area contributed by atoms with Gasteiger partial charge in [0.05, 0.1) is 0 Å². The monoisotopic (exact) mass is 118 g/mol. The lowest BCUT2D eigenvalue weighted by Crippen LogP contribution is -1.77. The lowest BCUT2D eigenvalue weighted by Gasteiger charge is -1.77. The van der Waals surface area contributed by atoms with Gasteiger partial charge in [-0.3, -0.25) is 5.32 Å². The van der Waals surface area contributed by atoms with Crippen molar-refractivity contribution in [3.8, 4) is 0 Å². The molecule has 1 heteroatoms. The summed E-state index contributed by atoms with van der Waals surface area (Å²) in [5.41, 5.74) is 0. The number of hydrogen-bond donors (Lipinski definition) is 0. The molecule has 0 bridgehead atoms. The Morgan fingerprint density at radius 2 is 1.00 bits per heavy atom. The molecule has 1 heterocycles. The molecule has 0 aromatic carbocycles. The van der Waals surface area contributed by atoms with Gasteiger partial charge in [-0.05, 0) is 12.2 Å². The second-order valence-electron chi connectivity index (χ2n) is 1.60. The van der Waals surface area contributed by atoms with Gasteiger partial charge >= 0.3 is 0 Å². The molecule has 1 radical (unpaired) electrons. The Morgan fingerprint density at radius 1 is 0.556 bits per heavy atom. The Bertz CT molecular complexity index is 153. The summed E-state index contributed by atoms with van der Waals surface area (Å²) in [6.45, 7) is 0. The maximum Gasteiger partial charge on any atom is 0.0267 e. The van der Waals surface area contributed by atoms with Crippen molar-refractivity contribution in [2.24, 2.45) is 0 Å². The molecule has 0 aliphatic carbocycles. The first-order valence-corrected chi connectivity index (χ1v) is 2.85. The largest absolute Gasteiger partial charge is 0.265 e. The standard InChI is InChI=1S/C8H8N/c1-2-4-6-8-9-7-5-3-1/h1-8H/b3-1-,4-2-,7-5-,8-6-. The summed E-state index contributed by atoms with van der Waals surface area (Å²) in [5, 5.41) is 3.93. The molecular formula is C8H8N. The van der Waals surface area contributed by atoms with Crippen molar-refractivity contribution in [2.75, 3.05) is 0 Å². The smallest absolute Gasteiger partial charge is 0.0267 e. The number of rotatable bonds is 0. The first kappa shape index (κ1) is 5.89. The second kappa shape index (κ2) is 3.72. The molecule has 0 atom stereocenters. The van der Waals surface area contributed by atoms with Crippen molar-refractivity contribution < 1.29 is 0 Å². The van der Waals surface area contributed by atoms with Gasteiger partial charge in [0.2, 0.25) is 0 Å². The van der Waals surface area contributed by atoms with Gasteiger partial charge in [0.1, 0.15) is 0 Å². The summed E-state index contributed by atoms with van der Waals surface area (Å²) < 4.78 is 0. The van der Waals surface area contributed by atoms with Crippen molar-refractivity contribution in [1.29, 1.82) is 0 Å². The van der Waals surface area contributed by atoms with Crippen molar-refractivity contribution in [2.45, 2.75) is 0 Å². The van der Waals surface area contributed by atoms with Gasteiger partial charge in [0, 0.05) is 12.4 Å². The quantitative estimate of drug-likeness (QED) is 0.460. The van der Waals surface area contributed by atoms with E-state index in [2.05, 4.69) is 5.32 Å². The zero-order chi connectivity index (χ0) is 6.36. The highest BCUT2D eigenvalue weighted by atomic mass is 14.8. The highest BCUT2D eigenvalue weighted by Crippen LogP contribution is 1.84. The lowest BCUT2D eigenvalue weighted by atomic mass is 10.4. The molecule has 0 unspecified atom stereocenters. The Balaban J connectivity index is 2.60. The third kappa shape index (κ3) is 2.54. The van der Waals surface area contributed by atoms with Crippen LogP contribution in [-0.4, -0.2) is 0 Å². The maximum absolute atomic E-state index is 3.93.